The van der Waals surface area contributed by atoms with Crippen LogP contribution < -0.4 is 5.32 Å². The fraction of sp³-hybridized carbons (Fsp3) is 0.235. The van der Waals surface area contributed by atoms with Gasteiger partial charge in [0.15, 0.2) is 0 Å². The van der Waals surface area contributed by atoms with E-state index in [1.807, 2.05) is 0 Å². The van der Waals surface area contributed by atoms with Crippen LogP contribution in [0.15, 0.2) is 48.5 Å². The van der Waals surface area contributed by atoms with E-state index >= 15 is 0 Å². The number of carbonyl (C=O) groups is 1. The van der Waals surface area contributed by atoms with Crippen LogP contribution in [0.5, 0.6) is 0 Å². The fourth-order valence-corrected chi connectivity index (χ4v) is 2.58. The van der Waals surface area contributed by atoms with E-state index in [1.165, 1.54) is 12.1 Å². The second kappa shape index (κ2) is 5.28. The van der Waals surface area contributed by atoms with Crippen LogP contribution in [-0.4, -0.2) is 5.91 Å². The molecule has 0 radical (unpaired) electrons. The van der Waals surface area contributed by atoms with Crippen LogP contribution in [0.4, 0.5) is 8.78 Å². The second-order valence-corrected chi connectivity index (χ2v) is 5.34. The third-order valence-corrected chi connectivity index (χ3v) is 3.97. The topological polar surface area (TPSA) is 29.1 Å². The highest BCUT2D eigenvalue weighted by molar-refractivity contribution is 5.91. The number of carbonyl (C=O) groups excluding carboxylic acids is 1. The molecule has 0 spiro atoms. The molecule has 1 amide bonds. The van der Waals surface area contributed by atoms with Crippen molar-refractivity contribution in [1.82, 2.24) is 5.32 Å². The smallest absolute Gasteiger partial charge is 0.231 e. The Morgan fingerprint density at radius 1 is 1.00 bits per heavy atom. The van der Waals surface area contributed by atoms with Gasteiger partial charge in [0.1, 0.15) is 11.6 Å². The number of benzene rings is 2. The van der Waals surface area contributed by atoms with Crippen molar-refractivity contribution >= 4 is 5.91 Å². The van der Waals surface area contributed by atoms with Gasteiger partial charge < -0.3 is 5.32 Å². The van der Waals surface area contributed by atoms with Gasteiger partial charge in [0.25, 0.3) is 0 Å². The van der Waals surface area contributed by atoms with Crippen molar-refractivity contribution in [3.63, 3.8) is 0 Å². The van der Waals surface area contributed by atoms with Gasteiger partial charge in [0.2, 0.25) is 5.91 Å². The summed E-state index contributed by atoms with van der Waals surface area (Å²) < 4.78 is 27.4. The summed E-state index contributed by atoms with van der Waals surface area (Å²) in [5.74, 6) is -0.958. The lowest BCUT2D eigenvalue weighted by atomic mass is 9.94. The summed E-state index contributed by atoms with van der Waals surface area (Å²) >= 11 is 0. The van der Waals surface area contributed by atoms with Gasteiger partial charge in [0.05, 0.1) is 5.41 Å². The quantitative estimate of drug-likeness (QED) is 0.918. The molecule has 0 aliphatic heterocycles. The molecule has 2 aromatic carbocycles. The molecule has 4 heteroatoms. The Morgan fingerprint density at radius 2 is 1.62 bits per heavy atom. The minimum absolute atomic E-state index is 0.113. The van der Waals surface area contributed by atoms with Crippen molar-refractivity contribution in [3.8, 4) is 0 Å². The van der Waals surface area contributed by atoms with Crippen LogP contribution in [0, 0.1) is 11.6 Å². The van der Waals surface area contributed by atoms with Crippen LogP contribution in [0.3, 0.4) is 0 Å². The summed E-state index contributed by atoms with van der Waals surface area (Å²) in [4.78, 5) is 12.4. The van der Waals surface area contributed by atoms with Crippen LogP contribution in [0.1, 0.15) is 24.0 Å². The zero-order valence-corrected chi connectivity index (χ0v) is 11.4. The van der Waals surface area contributed by atoms with Gasteiger partial charge in [-0.25, -0.2) is 8.78 Å². The third kappa shape index (κ3) is 2.53. The van der Waals surface area contributed by atoms with E-state index in [0.29, 0.717) is 24.0 Å². The van der Waals surface area contributed by atoms with E-state index in [1.54, 1.807) is 36.4 Å². The monoisotopic (exact) mass is 287 g/mol. The van der Waals surface area contributed by atoms with Gasteiger partial charge in [-0.15, -0.1) is 0 Å². The largest absolute Gasteiger partial charge is 0.351 e. The van der Waals surface area contributed by atoms with E-state index in [0.717, 1.165) is 0 Å². The molecule has 21 heavy (non-hydrogen) atoms. The normalized spacial score (nSPS) is 15.5. The zero-order valence-electron chi connectivity index (χ0n) is 11.4. The van der Waals surface area contributed by atoms with E-state index in [4.69, 9.17) is 0 Å². The molecule has 0 heterocycles. The van der Waals surface area contributed by atoms with Crippen molar-refractivity contribution in [2.24, 2.45) is 0 Å². The average Bonchev–Trinajstić information content (AvgIpc) is 3.28. The molecule has 2 aromatic rings. The number of hydrogen-bond donors (Lipinski definition) is 1. The molecular weight excluding hydrogens is 272 g/mol. The Balaban J connectivity index is 1.74. The van der Waals surface area contributed by atoms with E-state index in [9.17, 15) is 13.6 Å². The van der Waals surface area contributed by atoms with Gasteiger partial charge in [0, 0.05) is 17.7 Å². The highest BCUT2D eigenvalue weighted by atomic mass is 19.1. The summed E-state index contributed by atoms with van der Waals surface area (Å²) in [5, 5.41) is 2.72. The molecule has 0 atom stereocenters. The second-order valence-electron chi connectivity index (χ2n) is 5.34. The van der Waals surface area contributed by atoms with E-state index in [-0.39, 0.29) is 24.1 Å². The Labute approximate surface area is 121 Å². The lowest BCUT2D eigenvalue weighted by Gasteiger charge is -2.16. The maximum Gasteiger partial charge on any atom is 0.231 e. The van der Waals surface area contributed by atoms with Crippen molar-refractivity contribution in [2.75, 3.05) is 0 Å². The summed E-state index contributed by atoms with van der Waals surface area (Å²) in [6, 6.07) is 12.6. The highest BCUT2D eigenvalue weighted by Gasteiger charge is 2.52. The minimum atomic E-state index is -0.781. The standard InChI is InChI=1S/C17H15F2NO/c18-14-7-3-1-5-12(14)11-20-16(21)17(9-10-17)13-6-2-4-8-15(13)19/h1-8H,9-11H2,(H,20,21). The Kier molecular flexibility index (Phi) is 3.45. The van der Waals surface area contributed by atoms with Gasteiger partial charge >= 0.3 is 0 Å². The van der Waals surface area contributed by atoms with E-state index < -0.39 is 5.41 Å². The van der Waals surface area contributed by atoms with Gasteiger partial charge in [-0.3, -0.25) is 4.79 Å². The predicted octanol–water partition coefficient (Wildman–Crippen LogP) is 3.31. The zero-order chi connectivity index (χ0) is 14.9. The molecule has 0 saturated heterocycles. The summed E-state index contributed by atoms with van der Waals surface area (Å²) in [5.41, 5.74) is 0.0718. The molecule has 1 aliphatic carbocycles. The molecule has 1 aliphatic rings. The number of halogens is 2. The first-order valence-electron chi connectivity index (χ1n) is 6.90. The summed E-state index contributed by atoms with van der Waals surface area (Å²) in [6.45, 7) is 0.113. The molecule has 0 aromatic heterocycles. The van der Waals surface area contributed by atoms with Gasteiger partial charge in [-0.1, -0.05) is 36.4 Å². The van der Waals surface area contributed by atoms with Crippen molar-refractivity contribution < 1.29 is 13.6 Å². The Morgan fingerprint density at radius 3 is 2.24 bits per heavy atom. The SMILES string of the molecule is O=C(NCc1ccccc1F)C1(c2ccccc2F)CC1. The van der Waals surface area contributed by atoms with E-state index in [2.05, 4.69) is 5.32 Å². The van der Waals surface area contributed by atoms with Gasteiger partial charge in [-0.2, -0.15) is 0 Å². The Hall–Kier alpha value is -2.23. The lowest BCUT2D eigenvalue weighted by Crippen LogP contribution is -2.35. The minimum Gasteiger partial charge on any atom is -0.351 e. The number of amides is 1. The van der Waals surface area contributed by atoms with Crippen molar-refractivity contribution in [1.29, 1.82) is 0 Å². The molecule has 1 saturated carbocycles. The number of nitrogens with one attached hydrogen (secondary N) is 1. The third-order valence-electron chi connectivity index (χ3n) is 3.97. The Bertz CT molecular complexity index is 680. The summed E-state index contributed by atoms with van der Waals surface area (Å²) in [6.07, 6.45) is 1.24. The highest BCUT2D eigenvalue weighted by Crippen LogP contribution is 2.49. The molecule has 3 rings (SSSR count). The van der Waals surface area contributed by atoms with Crippen LogP contribution in [0.25, 0.3) is 0 Å². The van der Waals surface area contributed by atoms with Crippen LogP contribution in [0.2, 0.25) is 0 Å². The molecule has 1 fully saturated rings. The summed E-state index contributed by atoms with van der Waals surface area (Å²) in [7, 11) is 0. The average molecular weight is 287 g/mol. The predicted molar refractivity (Wildman–Crippen MR) is 75.6 cm³/mol. The molecule has 0 unspecified atom stereocenters. The van der Waals surface area contributed by atoms with Crippen LogP contribution in [-0.2, 0) is 16.8 Å². The first-order chi connectivity index (χ1) is 10.1. The van der Waals surface area contributed by atoms with Crippen LogP contribution >= 0.6 is 0 Å². The number of hydrogen-bond acceptors (Lipinski definition) is 1. The maximum absolute atomic E-state index is 13.9. The molecular formula is C17H15F2NO. The molecule has 2 nitrogen and oxygen atoms in total. The molecule has 108 valence electrons. The first-order valence-corrected chi connectivity index (χ1v) is 6.90. The molecule has 1 N–H and O–H groups in total. The first kappa shape index (κ1) is 13.7. The van der Waals surface area contributed by atoms with Crippen molar-refractivity contribution in [3.05, 3.63) is 71.3 Å². The maximum atomic E-state index is 13.9. The molecule has 0 bridgehead atoms. The number of rotatable bonds is 4. The van der Waals surface area contributed by atoms with Crippen molar-refractivity contribution in [2.45, 2.75) is 24.8 Å². The fourth-order valence-electron chi connectivity index (χ4n) is 2.58. The van der Waals surface area contributed by atoms with Gasteiger partial charge in [-0.05, 0) is 25.0 Å². The lowest BCUT2D eigenvalue weighted by molar-refractivity contribution is -0.123.